The van der Waals surface area contributed by atoms with Crippen LogP contribution in [-0.4, -0.2) is 18.2 Å². The second-order valence-corrected chi connectivity index (χ2v) is 7.39. The average molecular weight is 290 g/mol. The van der Waals surface area contributed by atoms with Gasteiger partial charge in [0.05, 0.1) is 12.7 Å². The van der Waals surface area contributed by atoms with Gasteiger partial charge in [-0.25, -0.2) is 4.79 Å². The number of benzene rings is 1. The van der Waals surface area contributed by atoms with Gasteiger partial charge < -0.3 is 9.84 Å². The molecule has 0 aliphatic heterocycles. The highest BCUT2D eigenvalue weighted by molar-refractivity contribution is 6.15. The summed E-state index contributed by atoms with van der Waals surface area (Å²) in [4.78, 5) is 11.7. The topological polar surface area (TPSA) is 46.5 Å². The average Bonchev–Trinajstić information content (AvgIpc) is 2.34. The van der Waals surface area contributed by atoms with E-state index in [2.05, 4.69) is 6.58 Å². The van der Waals surface area contributed by atoms with Crippen molar-refractivity contribution >= 4 is 11.5 Å². The lowest BCUT2D eigenvalue weighted by Crippen LogP contribution is -2.18. The Morgan fingerprint density at radius 2 is 1.43 bits per heavy atom. The summed E-state index contributed by atoms with van der Waals surface area (Å²) in [6, 6.07) is 3.65. The van der Waals surface area contributed by atoms with Crippen molar-refractivity contribution in [2.45, 2.75) is 52.4 Å². The smallest absolute Gasteiger partial charge is 0.337 e. The molecule has 1 aromatic rings. The van der Waals surface area contributed by atoms with Crippen molar-refractivity contribution < 1.29 is 14.6 Å². The number of methoxy groups -OCH3 is 1. The zero-order chi connectivity index (χ0) is 16.6. The van der Waals surface area contributed by atoms with Gasteiger partial charge in [0.25, 0.3) is 0 Å². The van der Waals surface area contributed by atoms with Crippen LogP contribution in [0.25, 0.3) is 5.57 Å². The first-order valence-corrected chi connectivity index (χ1v) is 7.05. The van der Waals surface area contributed by atoms with Crippen LogP contribution in [0.2, 0.25) is 0 Å². The first-order chi connectivity index (χ1) is 9.39. The minimum absolute atomic E-state index is 0.240. The summed E-state index contributed by atoms with van der Waals surface area (Å²) in [6.45, 7) is 16.0. The van der Waals surface area contributed by atoms with Crippen LogP contribution in [0.5, 0.6) is 5.75 Å². The van der Waals surface area contributed by atoms with Crippen LogP contribution in [0.1, 0.15) is 58.2 Å². The Morgan fingerprint density at radius 3 is 1.71 bits per heavy atom. The van der Waals surface area contributed by atoms with Crippen LogP contribution in [0, 0.1) is 0 Å². The van der Waals surface area contributed by atoms with Gasteiger partial charge in [-0.3, -0.25) is 0 Å². The maximum atomic E-state index is 11.7. The number of aromatic hydroxyl groups is 1. The van der Waals surface area contributed by atoms with E-state index >= 15 is 0 Å². The van der Waals surface area contributed by atoms with Crippen LogP contribution in [0.3, 0.4) is 0 Å². The normalized spacial score (nSPS) is 12.1. The van der Waals surface area contributed by atoms with Gasteiger partial charge in [-0.1, -0.05) is 48.1 Å². The fourth-order valence-corrected chi connectivity index (χ4v) is 2.19. The van der Waals surface area contributed by atoms with E-state index < -0.39 is 5.97 Å². The van der Waals surface area contributed by atoms with Gasteiger partial charge in [-0.15, -0.1) is 0 Å². The lowest BCUT2D eigenvalue weighted by atomic mass is 9.78. The minimum Gasteiger partial charge on any atom is -0.507 e. The largest absolute Gasteiger partial charge is 0.507 e. The molecule has 0 bridgehead atoms. The van der Waals surface area contributed by atoms with Crippen LogP contribution >= 0.6 is 0 Å². The second-order valence-electron chi connectivity index (χ2n) is 7.39. The lowest BCUT2D eigenvalue weighted by molar-refractivity contribution is -0.133. The monoisotopic (exact) mass is 290 g/mol. The van der Waals surface area contributed by atoms with Crippen molar-refractivity contribution in [1.82, 2.24) is 0 Å². The van der Waals surface area contributed by atoms with Gasteiger partial charge in [-0.2, -0.15) is 0 Å². The highest BCUT2D eigenvalue weighted by atomic mass is 16.5. The molecule has 0 aliphatic rings. The van der Waals surface area contributed by atoms with Gasteiger partial charge >= 0.3 is 5.97 Å². The number of esters is 1. The van der Waals surface area contributed by atoms with Gasteiger partial charge in [0, 0.05) is 11.1 Å². The maximum Gasteiger partial charge on any atom is 0.337 e. The standard InChI is InChI=1S/C18H26O3/c1-11(16(20)21-8)12-9-13(17(2,3)4)15(19)14(10-12)18(5,6)7/h9-10,19H,1H2,2-8H3. The number of rotatable bonds is 2. The third kappa shape index (κ3) is 3.66. The number of ether oxygens (including phenoxy) is 1. The van der Waals surface area contributed by atoms with E-state index in [0.717, 1.165) is 11.1 Å². The van der Waals surface area contributed by atoms with E-state index in [1.165, 1.54) is 7.11 Å². The van der Waals surface area contributed by atoms with Crippen molar-refractivity contribution in [3.05, 3.63) is 35.4 Å². The van der Waals surface area contributed by atoms with Crippen molar-refractivity contribution in [2.24, 2.45) is 0 Å². The van der Waals surface area contributed by atoms with Crippen molar-refractivity contribution in [2.75, 3.05) is 7.11 Å². The quantitative estimate of drug-likeness (QED) is 0.656. The summed E-state index contributed by atoms with van der Waals surface area (Å²) in [6.07, 6.45) is 0. The number of carbonyl (C=O) groups excluding carboxylic acids is 1. The lowest BCUT2D eigenvalue weighted by Gasteiger charge is -2.28. The predicted molar refractivity (Wildman–Crippen MR) is 86.6 cm³/mol. The predicted octanol–water partition coefficient (Wildman–Crippen LogP) is 4.17. The molecule has 1 aromatic carbocycles. The van der Waals surface area contributed by atoms with E-state index in [9.17, 15) is 9.90 Å². The third-order valence-corrected chi connectivity index (χ3v) is 3.51. The molecule has 3 heteroatoms. The highest BCUT2D eigenvalue weighted by Gasteiger charge is 2.27. The van der Waals surface area contributed by atoms with Gasteiger partial charge in [0.15, 0.2) is 0 Å². The van der Waals surface area contributed by atoms with Gasteiger partial charge in [0.2, 0.25) is 0 Å². The molecule has 0 unspecified atom stereocenters. The Morgan fingerprint density at radius 1 is 1.05 bits per heavy atom. The molecule has 1 rings (SSSR count). The summed E-state index contributed by atoms with van der Waals surface area (Å²) in [5, 5.41) is 10.6. The molecule has 0 radical (unpaired) electrons. The summed E-state index contributed by atoms with van der Waals surface area (Å²) in [5.74, 6) is -0.170. The molecular weight excluding hydrogens is 264 g/mol. The molecule has 3 nitrogen and oxygen atoms in total. The maximum absolute atomic E-state index is 11.7. The molecule has 0 fully saturated rings. The van der Waals surface area contributed by atoms with Crippen molar-refractivity contribution in [1.29, 1.82) is 0 Å². The Balaban J connectivity index is 3.63. The third-order valence-electron chi connectivity index (χ3n) is 3.51. The number of phenolic OH excluding ortho intramolecular Hbond substituents is 1. The summed E-state index contributed by atoms with van der Waals surface area (Å²) in [5.41, 5.74) is 2.11. The molecular formula is C18H26O3. The molecule has 0 saturated heterocycles. The van der Waals surface area contributed by atoms with E-state index in [0.29, 0.717) is 11.1 Å². The number of phenols is 1. The molecule has 0 amide bonds. The zero-order valence-electron chi connectivity index (χ0n) is 14.1. The first kappa shape index (κ1) is 17.3. The van der Waals surface area contributed by atoms with E-state index in [1.807, 2.05) is 53.7 Å². The number of hydrogen-bond donors (Lipinski definition) is 1. The molecule has 0 atom stereocenters. The molecule has 0 aromatic heterocycles. The fraction of sp³-hybridized carbons (Fsp3) is 0.500. The Kier molecular flexibility index (Phi) is 4.57. The highest BCUT2D eigenvalue weighted by Crippen LogP contribution is 2.40. The molecule has 0 aliphatic carbocycles. The van der Waals surface area contributed by atoms with Crippen molar-refractivity contribution in [3.63, 3.8) is 0 Å². The Bertz CT molecular complexity index is 534. The Labute approximate surface area is 127 Å². The number of hydrogen-bond acceptors (Lipinski definition) is 3. The van der Waals surface area contributed by atoms with Gasteiger partial charge in [0.1, 0.15) is 5.75 Å². The molecule has 21 heavy (non-hydrogen) atoms. The molecule has 0 saturated carbocycles. The van der Waals surface area contributed by atoms with Crippen LogP contribution in [-0.2, 0) is 20.4 Å². The Hall–Kier alpha value is -1.77. The summed E-state index contributed by atoms with van der Waals surface area (Å²) < 4.78 is 4.75. The fourth-order valence-electron chi connectivity index (χ4n) is 2.19. The summed E-state index contributed by atoms with van der Waals surface area (Å²) >= 11 is 0. The van der Waals surface area contributed by atoms with Crippen LogP contribution < -0.4 is 0 Å². The van der Waals surface area contributed by atoms with Crippen LogP contribution in [0.15, 0.2) is 18.7 Å². The van der Waals surface area contributed by atoms with E-state index in [-0.39, 0.29) is 16.6 Å². The number of carbonyl (C=O) groups is 1. The molecule has 116 valence electrons. The van der Waals surface area contributed by atoms with Gasteiger partial charge in [-0.05, 0) is 28.5 Å². The first-order valence-electron chi connectivity index (χ1n) is 7.05. The van der Waals surface area contributed by atoms with Crippen LogP contribution in [0.4, 0.5) is 0 Å². The van der Waals surface area contributed by atoms with Crippen molar-refractivity contribution in [3.8, 4) is 5.75 Å². The summed E-state index contributed by atoms with van der Waals surface area (Å²) in [7, 11) is 1.34. The minimum atomic E-state index is -0.458. The van der Waals surface area contributed by atoms with E-state index in [1.54, 1.807) is 0 Å². The second kappa shape index (κ2) is 5.55. The molecule has 0 heterocycles. The SMILES string of the molecule is C=C(C(=O)OC)c1cc(C(C)(C)C)c(O)c(C(C)(C)C)c1. The molecule has 1 N–H and O–H groups in total. The zero-order valence-corrected chi connectivity index (χ0v) is 14.1. The van der Waals surface area contributed by atoms with E-state index in [4.69, 9.17) is 4.74 Å². The molecule has 0 spiro atoms.